The largest absolute Gasteiger partial charge is 0.492 e. The fourth-order valence-electron chi connectivity index (χ4n) is 4.94. The lowest BCUT2D eigenvalue weighted by Crippen LogP contribution is -2.48. The molecule has 2 fully saturated rings. The molecule has 1 aromatic heterocycles. The number of hydrogen-bond acceptors (Lipinski definition) is 8. The molecule has 0 spiro atoms. The highest BCUT2D eigenvalue weighted by Crippen LogP contribution is 2.35. The van der Waals surface area contributed by atoms with Gasteiger partial charge in [0.2, 0.25) is 10.0 Å². The first-order valence-corrected chi connectivity index (χ1v) is 15.2. The molecule has 2 aliphatic heterocycles. The van der Waals surface area contributed by atoms with Gasteiger partial charge in [-0.2, -0.15) is 4.31 Å². The Bertz CT molecular complexity index is 1380. The average Bonchev–Trinajstić information content (AvgIpc) is 3.57. The molecule has 0 bridgehead atoms. The molecule has 11 heteroatoms. The van der Waals surface area contributed by atoms with Crippen LogP contribution >= 0.6 is 11.3 Å². The molecule has 204 valence electrons. The molecule has 5 rings (SSSR count). The first-order valence-electron chi connectivity index (χ1n) is 13.0. The zero-order valence-corrected chi connectivity index (χ0v) is 23.5. The molecule has 0 radical (unpaired) electrons. The lowest BCUT2D eigenvalue weighted by atomic mass is 10.2. The number of anilines is 1. The lowest BCUT2D eigenvalue weighted by molar-refractivity contribution is -0.0440. The fraction of sp³-hybridized carbons (Fsp3) is 0.481. The number of aromatic nitrogens is 1. The number of benzene rings is 2. The Labute approximate surface area is 227 Å². The molecule has 2 aliphatic rings. The minimum absolute atomic E-state index is 0.0812. The second kappa shape index (κ2) is 11.3. The van der Waals surface area contributed by atoms with Crippen molar-refractivity contribution in [3.8, 4) is 5.75 Å². The standard InChI is InChI=1S/C27H33N3O6S2/c1-4-34-23-8-5-9-24-25(23)28-27(37-24)30(17-21-7-6-14-35-21)26(31)20-10-12-22(13-11-20)38(32,33)29-15-18(2)36-19(3)16-29/h5,8-13,18-19,21H,4,6-7,14-17H2,1-3H3. The first kappa shape index (κ1) is 27.0. The first-order chi connectivity index (χ1) is 18.3. The van der Waals surface area contributed by atoms with E-state index in [9.17, 15) is 13.2 Å². The van der Waals surface area contributed by atoms with Crippen LogP contribution in [0, 0.1) is 0 Å². The third kappa shape index (κ3) is 5.57. The number of nitrogens with zero attached hydrogens (tertiary/aromatic N) is 3. The van der Waals surface area contributed by atoms with Gasteiger partial charge in [0.05, 0.1) is 41.1 Å². The van der Waals surface area contributed by atoms with Crippen molar-refractivity contribution in [3.05, 3.63) is 48.0 Å². The number of hydrogen-bond donors (Lipinski definition) is 0. The lowest BCUT2D eigenvalue weighted by Gasteiger charge is -2.34. The van der Waals surface area contributed by atoms with Crippen molar-refractivity contribution >= 4 is 42.6 Å². The Balaban J connectivity index is 1.43. The van der Waals surface area contributed by atoms with E-state index < -0.39 is 10.0 Å². The summed E-state index contributed by atoms with van der Waals surface area (Å²) in [5.41, 5.74) is 1.10. The summed E-state index contributed by atoms with van der Waals surface area (Å²) in [4.78, 5) is 20.4. The van der Waals surface area contributed by atoms with Gasteiger partial charge in [-0.05, 0) is 70.0 Å². The number of para-hydroxylation sites is 1. The zero-order chi connectivity index (χ0) is 26.9. The summed E-state index contributed by atoms with van der Waals surface area (Å²) in [5, 5.41) is 0.556. The van der Waals surface area contributed by atoms with Crippen LogP contribution in [-0.4, -0.2) is 74.8 Å². The highest BCUT2D eigenvalue weighted by Gasteiger charge is 2.33. The number of rotatable bonds is 8. The van der Waals surface area contributed by atoms with Crippen molar-refractivity contribution in [3.63, 3.8) is 0 Å². The van der Waals surface area contributed by atoms with Gasteiger partial charge in [-0.1, -0.05) is 17.4 Å². The molecular weight excluding hydrogens is 526 g/mol. The van der Waals surface area contributed by atoms with Crippen LogP contribution in [0.25, 0.3) is 10.2 Å². The summed E-state index contributed by atoms with van der Waals surface area (Å²) in [5.74, 6) is 0.424. The van der Waals surface area contributed by atoms with Crippen molar-refractivity contribution in [2.24, 2.45) is 0 Å². The van der Waals surface area contributed by atoms with Crippen molar-refractivity contribution in [2.75, 3.05) is 37.7 Å². The van der Waals surface area contributed by atoms with Crippen molar-refractivity contribution < 1.29 is 27.4 Å². The molecular formula is C27H33N3O6S2. The fourth-order valence-corrected chi connectivity index (χ4v) is 7.52. The quantitative estimate of drug-likeness (QED) is 0.405. The smallest absolute Gasteiger partial charge is 0.260 e. The van der Waals surface area contributed by atoms with Crippen LogP contribution in [0.3, 0.4) is 0 Å². The van der Waals surface area contributed by atoms with E-state index in [0.29, 0.717) is 49.3 Å². The van der Waals surface area contributed by atoms with Gasteiger partial charge in [0.15, 0.2) is 5.13 Å². The van der Waals surface area contributed by atoms with E-state index >= 15 is 0 Å². The monoisotopic (exact) mass is 559 g/mol. The van der Waals surface area contributed by atoms with Gasteiger partial charge in [-0.25, -0.2) is 13.4 Å². The second-order valence-electron chi connectivity index (χ2n) is 9.69. The summed E-state index contributed by atoms with van der Waals surface area (Å²) >= 11 is 1.42. The van der Waals surface area contributed by atoms with E-state index in [1.807, 2.05) is 39.0 Å². The number of amides is 1. The van der Waals surface area contributed by atoms with E-state index in [1.165, 1.54) is 27.8 Å². The van der Waals surface area contributed by atoms with Gasteiger partial charge in [-0.3, -0.25) is 9.69 Å². The van der Waals surface area contributed by atoms with Gasteiger partial charge in [0.25, 0.3) is 5.91 Å². The summed E-state index contributed by atoms with van der Waals surface area (Å²) in [7, 11) is -3.70. The molecule has 3 unspecified atom stereocenters. The van der Waals surface area contributed by atoms with Crippen molar-refractivity contribution in [2.45, 2.75) is 56.8 Å². The van der Waals surface area contributed by atoms with Crippen LogP contribution < -0.4 is 9.64 Å². The summed E-state index contributed by atoms with van der Waals surface area (Å²) in [6, 6.07) is 11.9. The van der Waals surface area contributed by atoms with Crippen molar-refractivity contribution in [1.82, 2.24) is 9.29 Å². The number of carbonyl (C=O) groups excluding carboxylic acids is 1. The van der Waals surface area contributed by atoms with Crippen LogP contribution in [0.5, 0.6) is 5.75 Å². The highest BCUT2D eigenvalue weighted by molar-refractivity contribution is 7.89. The molecule has 0 N–H and O–H groups in total. The van der Waals surface area contributed by atoms with Gasteiger partial charge in [0.1, 0.15) is 11.3 Å². The maximum absolute atomic E-state index is 13.8. The number of morpholine rings is 1. The highest BCUT2D eigenvalue weighted by atomic mass is 32.2. The molecule has 9 nitrogen and oxygen atoms in total. The van der Waals surface area contributed by atoms with E-state index in [4.69, 9.17) is 19.2 Å². The Hall–Kier alpha value is -2.57. The predicted octanol–water partition coefficient (Wildman–Crippen LogP) is 4.32. The van der Waals surface area contributed by atoms with E-state index in [2.05, 4.69) is 0 Å². The van der Waals surface area contributed by atoms with Crippen LogP contribution in [-0.2, 0) is 19.5 Å². The third-order valence-corrected chi connectivity index (χ3v) is 9.57. The van der Waals surface area contributed by atoms with Crippen molar-refractivity contribution in [1.29, 1.82) is 0 Å². The minimum Gasteiger partial charge on any atom is -0.492 e. The Morgan fingerprint density at radius 1 is 1.16 bits per heavy atom. The maximum Gasteiger partial charge on any atom is 0.260 e. The maximum atomic E-state index is 13.8. The normalized spacial score (nSPS) is 22.6. The minimum atomic E-state index is -3.70. The van der Waals surface area contributed by atoms with E-state index in [-0.39, 0.29) is 29.1 Å². The summed E-state index contributed by atoms with van der Waals surface area (Å²) in [6.07, 6.45) is 1.37. The van der Waals surface area contributed by atoms with E-state index in [0.717, 1.165) is 23.1 Å². The average molecular weight is 560 g/mol. The van der Waals surface area contributed by atoms with Crippen LogP contribution in [0.1, 0.15) is 44.0 Å². The number of carbonyl (C=O) groups is 1. The molecule has 3 aromatic rings. The molecule has 0 saturated carbocycles. The topological polar surface area (TPSA) is 98.3 Å². The van der Waals surface area contributed by atoms with Gasteiger partial charge < -0.3 is 14.2 Å². The molecule has 3 atom stereocenters. The predicted molar refractivity (Wildman–Crippen MR) is 147 cm³/mol. The van der Waals surface area contributed by atoms with Crippen LogP contribution in [0.2, 0.25) is 0 Å². The Morgan fingerprint density at radius 3 is 2.55 bits per heavy atom. The zero-order valence-electron chi connectivity index (χ0n) is 21.8. The summed E-state index contributed by atoms with van der Waals surface area (Å²) in [6.45, 7) is 7.79. The third-order valence-electron chi connectivity index (χ3n) is 6.68. The van der Waals surface area contributed by atoms with Gasteiger partial charge >= 0.3 is 0 Å². The van der Waals surface area contributed by atoms with Gasteiger partial charge in [-0.15, -0.1) is 0 Å². The van der Waals surface area contributed by atoms with Crippen LogP contribution in [0.15, 0.2) is 47.4 Å². The summed E-state index contributed by atoms with van der Waals surface area (Å²) < 4.78 is 46.2. The molecule has 3 heterocycles. The molecule has 2 saturated heterocycles. The SMILES string of the molecule is CCOc1cccc2sc(N(CC3CCCO3)C(=O)c3ccc(S(=O)(=O)N4CC(C)OC(C)C4)cc3)nc12. The molecule has 0 aliphatic carbocycles. The number of thiazole rings is 1. The molecule has 38 heavy (non-hydrogen) atoms. The number of sulfonamides is 1. The molecule has 1 amide bonds. The second-order valence-corrected chi connectivity index (χ2v) is 12.6. The molecule has 2 aromatic carbocycles. The Morgan fingerprint density at radius 2 is 1.89 bits per heavy atom. The number of fused-ring (bicyclic) bond motifs is 1. The Kier molecular flexibility index (Phi) is 8.01. The van der Waals surface area contributed by atoms with Gasteiger partial charge in [0, 0.05) is 25.3 Å². The van der Waals surface area contributed by atoms with Crippen LogP contribution in [0.4, 0.5) is 5.13 Å². The van der Waals surface area contributed by atoms with E-state index in [1.54, 1.807) is 17.0 Å². The number of ether oxygens (including phenoxy) is 3.